The number of aromatic nitrogens is 2. The SMILES string of the molecule is NC(=O)CCC(NC(=O)C(N)CCC(=O)O)C(=O)NC(Cc1cnc[nH]1)C(=O)NC(CCC(=O)O)C(=O)O. The summed E-state index contributed by atoms with van der Waals surface area (Å²) in [6.07, 6.45) is 0.216. The molecule has 4 atom stereocenters. The first-order chi connectivity index (χ1) is 17.8. The van der Waals surface area contributed by atoms with Gasteiger partial charge in [0.1, 0.15) is 18.1 Å². The lowest BCUT2D eigenvalue weighted by molar-refractivity contribution is -0.143. The van der Waals surface area contributed by atoms with Crippen molar-refractivity contribution >= 4 is 41.5 Å². The zero-order chi connectivity index (χ0) is 28.8. The van der Waals surface area contributed by atoms with Crippen LogP contribution >= 0.6 is 0 Å². The number of nitrogens with zero attached hydrogens (tertiary/aromatic N) is 1. The zero-order valence-electron chi connectivity index (χ0n) is 20.2. The van der Waals surface area contributed by atoms with Crippen LogP contribution in [0, 0.1) is 0 Å². The monoisotopic (exact) mass is 541 g/mol. The first kappa shape index (κ1) is 31.5. The van der Waals surface area contributed by atoms with Crippen molar-refractivity contribution in [1.29, 1.82) is 0 Å². The minimum atomic E-state index is -1.57. The zero-order valence-corrected chi connectivity index (χ0v) is 20.2. The van der Waals surface area contributed by atoms with Gasteiger partial charge in [-0.05, 0) is 19.3 Å². The molecular formula is C21H31N7O10. The van der Waals surface area contributed by atoms with Gasteiger partial charge in [0.15, 0.2) is 0 Å². The fourth-order valence-corrected chi connectivity index (χ4v) is 3.14. The molecule has 1 heterocycles. The van der Waals surface area contributed by atoms with E-state index in [-0.39, 0.29) is 25.7 Å². The molecule has 210 valence electrons. The van der Waals surface area contributed by atoms with Crippen LogP contribution in [0.15, 0.2) is 12.5 Å². The van der Waals surface area contributed by atoms with Crippen molar-refractivity contribution < 1.29 is 48.9 Å². The lowest BCUT2D eigenvalue weighted by atomic mass is 10.1. The predicted molar refractivity (Wildman–Crippen MR) is 126 cm³/mol. The third-order valence-electron chi connectivity index (χ3n) is 5.19. The van der Waals surface area contributed by atoms with Crippen molar-refractivity contribution in [3.63, 3.8) is 0 Å². The molecule has 4 unspecified atom stereocenters. The highest BCUT2D eigenvalue weighted by Gasteiger charge is 2.31. The number of carboxylic acids is 3. The van der Waals surface area contributed by atoms with Gasteiger partial charge in [-0.1, -0.05) is 0 Å². The Hall–Kier alpha value is -4.54. The molecule has 4 amide bonds. The van der Waals surface area contributed by atoms with Gasteiger partial charge in [0.25, 0.3) is 0 Å². The molecule has 0 aliphatic heterocycles. The molecular weight excluding hydrogens is 510 g/mol. The number of nitrogens with two attached hydrogens (primary N) is 2. The van der Waals surface area contributed by atoms with Crippen LogP contribution in [0.1, 0.15) is 44.2 Å². The predicted octanol–water partition coefficient (Wildman–Crippen LogP) is -3.19. The van der Waals surface area contributed by atoms with Crippen molar-refractivity contribution in [1.82, 2.24) is 25.9 Å². The van der Waals surface area contributed by atoms with Gasteiger partial charge in [-0.3, -0.25) is 28.8 Å². The van der Waals surface area contributed by atoms with E-state index in [1.54, 1.807) is 0 Å². The van der Waals surface area contributed by atoms with E-state index in [1.165, 1.54) is 12.5 Å². The summed E-state index contributed by atoms with van der Waals surface area (Å²) < 4.78 is 0. The molecule has 0 fully saturated rings. The lowest BCUT2D eigenvalue weighted by Gasteiger charge is -2.25. The number of aliphatic carboxylic acids is 3. The quantitative estimate of drug-likeness (QED) is 0.0888. The van der Waals surface area contributed by atoms with Crippen molar-refractivity contribution in [2.24, 2.45) is 11.5 Å². The van der Waals surface area contributed by atoms with Crippen LogP contribution in [-0.4, -0.2) is 91.0 Å². The van der Waals surface area contributed by atoms with E-state index in [0.29, 0.717) is 5.69 Å². The Balaban J connectivity index is 3.07. The van der Waals surface area contributed by atoms with E-state index >= 15 is 0 Å². The van der Waals surface area contributed by atoms with Gasteiger partial charge in [0.2, 0.25) is 23.6 Å². The topological polar surface area (TPSA) is 297 Å². The molecule has 0 bridgehead atoms. The van der Waals surface area contributed by atoms with Gasteiger partial charge < -0.3 is 47.7 Å². The van der Waals surface area contributed by atoms with Crippen LogP contribution in [0.4, 0.5) is 0 Å². The van der Waals surface area contributed by atoms with E-state index < -0.39 is 85.0 Å². The van der Waals surface area contributed by atoms with Crippen LogP contribution in [0.5, 0.6) is 0 Å². The van der Waals surface area contributed by atoms with Crippen LogP contribution < -0.4 is 27.4 Å². The molecule has 11 N–H and O–H groups in total. The number of imidazole rings is 1. The molecule has 0 radical (unpaired) electrons. The minimum absolute atomic E-state index is 0.197. The molecule has 17 heteroatoms. The summed E-state index contributed by atoms with van der Waals surface area (Å²) in [6, 6.07) is -5.68. The number of nitrogens with one attached hydrogen (secondary N) is 4. The fourth-order valence-electron chi connectivity index (χ4n) is 3.14. The maximum absolute atomic E-state index is 13.0. The summed E-state index contributed by atoms with van der Waals surface area (Å²) in [5, 5.41) is 33.8. The van der Waals surface area contributed by atoms with Gasteiger partial charge >= 0.3 is 17.9 Å². The highest BCUT2D eigenvalue weighted by molar-refractivity contribution is 5.94. The van der Waals surface area contributed by atoms with Crippen LogP contribution in [0.2, 0.25) is 0 Å². The molecule has 38 heavy (non-hydrogen) atoms. The number of hydrogen-bond acceptors (Lipinski definition) is 9. The maximum atomic E-state index is 13.0. The highest BCUT2D eigenvalue weighted by atomic mass is 16.4. The second-order valence-electron chi connectivity index (χ2n) is 8.28. The standard InChI is InChI=1S/C21H31N7O10/c22-11(1-5-16(30)31)18(34)26-12(2-4-15(23)29)19(35)28-14(7-10-8-24-9-25-10)20(36)27-13(21(37)38)3-6-17(32)33/h8-9,11-14H,1-7,22H2,(H2,23,29)(H,24,25)(H,26,34)(H,27,36)(H,28,35)(H,30,31)(H,32,33)(H,37,38). The van der Waals surface area contributed by atoms with E-state index in [4.69, 9.17) is 21.7 Å². The maximum Gasteiger partial charge on any atom is 0.326 e. The van der Waals surface area contributed by atoms with Crippen molar-refractivity contribution in [3.8, 4) is 0 Å². The van der Waals surface area contributed by atoms with E-state index in [0.717, 1.165) is 0 Å². The number of carbonyl (C=O) groups is 7. The average molecular weight is 542 g/mol. The molecule has 17 nitrogen and oxygen atoms in total. The number of carboxylic acid groups (broad SMARTS) is 3. The highest BCUT2D eigenvalue weighted by Crippen LogP contribution is 2.06. The molecule has 0 spiro atoms. The Bertz CT molecular complexity index is 1010. The Labute approximate surface area is 215 Å². The first-order valence-corrected chi connectivity index (χ1v) is 11.4. The molecule has 0 aliphatic rings. The second-order valence-corrected chi connectivity index (χ2v) is 8.28. The molecule has 0 saturated heterocycles. The summed E-state index contributed by atoms with van der Waals surface area (Å²) in [5.41, 5.74) is 11.2. The Morgan fingerprint density at radius 1 is 0.789 bits per heavy atom. The summed E-state index contributed by atoms with van der Waals surface area (Å²) in [6.45, 7) is 0. The van der Waals surface area contributed by atoms with Gasteiger partial charge in [-0.15, -0.1) is 0 Å². The molecule has 0 aliphatic carbocycles. The van der Waals surface area contributed by atoms with Crippen molar-refractivity contribution in [2.75, 3.05) is 0 Å². The van der Waals surface area contributed by atoms with E-state index in [1.807, 2.05) is 0 Å². The normalized spacial score (nSPS) is 13.8. The Kier molecular flexibility index (Phi) is 12.9. The molecule has 0 aromatic carbocycles. The summed E-state index contributed by atoms with van der Waals surface area (Å²) in [5.74, 6) is -7.54. The number of rotatable bonds is 18. The van der Waals surface area contributed by atoms with Crippen LogP contribution in [-0.2, 0) is 40.0 Å². The number of H-pyrrole nitrogens is 1. The number of amides is 4. The second kappa shape index (κ2) is 15.5. The average Bonchev–Trinajstić information content (AvgIpc) is 3.34. The van der Waals surface area contributed by atoms with Crippen molar-refractivity contribution in [2.45, 2.75) is 69.1 Å². The number of primary amides is 1. The fraction of sp³-hybridized carbons (Fsp3) is 0.524. The summed E-state index contributed by atoms with van der Waals surface area (Å²) in [4.78, 5) is 89.2. The Morgan fingerprint density at radius 3 is 1.84 bits per heavy atom. The number of carbonyl (C=O) groups excluding carboxylic acids is 4. The smallest absolute Gasteiger partial charge is 0.326 e. The number of aromatic amines is 1. The minimum Gasteiger partial charge on any atom is -0.481 e. The Morgan fingerprint density at radius 2 is 1.32 bits per heavy atom. The van der Waals surface area contributed by atoms with Gasteiger partial charge in [0, 0.05) is 37.6 Å². The largest absolute Gasteiger partial charge is 0.481 e. The third-order valence-corrected chi connectivity index (χ3v) is 5.19. The van der Waals surface area contributed by atoms with E-state index in [2.05, 4.69) is 25.9 Å². The van der Waals surface area contributed by atoms with Crippen molar-refractivity contribution in [3.05, 3.63) is 18.2 Å². The molecule has 1 aromatic rings. The lowest BCUT2D eigenvalue weighted by Crippen LogP contribution is -2.57. The van der Waals surface area contributed by atoms with Gasteiger partial charge in [-0.2, -0.15) is 0 Å². The van der Waals surface area contributed by atoms with Crippen LogP contribution in [0.25, 0.3) is 0 Å². The first-order valence-electron chi connectivity index (χ1n) is 11.4. The molecule has 0 saturated carbocycles. The van der Waals surface area contributed by atoms with E-state index in [9.17, 15) is 38.7 Å². The molecule has 1 rings (SSSR count). The summed E-state index contributed by atoms with van der Waals surface area (Å²) >= 11 is 0. The number of hydrogen-bond donors (Lipinski definition) is 9. The summed E-state index contributed by atoms with van der Waals surface area (Å²) in [7, 11) is 0. The third kappa shape index (κ3) is 11.9. The van der Waals surface area contributed by atoms with Gasteiger partial charge in [0.05, 0.1) is 12.4 Å². The molecule has 1 aromatic heterocycles. The van der Waals surface area contributed by atoms with Crippen LogP contribution in [0.3, 0.4) is 0 Å². The van der Waals surface area contributed by atoms with Gasteiger partial charge in [-0.25, -0.2) is 9.78 Å².